The number of nitrogen functional groups attached to an aromatic ring is 1. The van der Waals surface area contributed by atoms with Crippen molar-refractivity contribution >= 4 is 5.69 Å². The molecule has 0 saturated carbocycles. The highest BCUT2D eigenvalue weighted by molar-refractivity contribution is 5.43. The fourth-order valence-corrected chi connectivity index (χ4v) is 1.96. The summed E-state index contributed by atoms with van der Waals surface area (Å²) in [5.41, 5.74) is 6.42. The first-order valence-corrected chi connectivity index (χ1v) is 6.10. The van der Waals surface area contributed by atoms with Gasteiger partial charge in [-0.3, -0.25) is 4.90 Å². The molecule has 0 amide bonds. The molecule has 1 unspecified atom stereocenters. The smallest absolute Gasteiger partial charge is 0.121 e. The van der Waals surface area contributed by atoms with Crippen LogP contribution in [0.2, 0.25) is 0 Å². The topological polar surface area (TPSA) is 47.7 Å². The Morgan fingerprint density at radius 3 is 3.18 bits per heavy atom. The maximum absolute atomic E-state index is 5.69. The highest BCUT2D eigenvalue weighted by Gasteiger charge is 2.19. The summed E-state index contributed by atoms with van der Waals surface area (Å²) in [6.07, 6.45) is 0.158. The van der Waals surface area contributed by atoms with E-state index in [0.717, 1.165) is 37.7 Å². The Kier molecular flexibility index (Phi) is 4.23. The van der Waals surface area contributed by atoms with E-state index in [0.29, 0.717) is 6.61 Å². The molecule has 0 bridgehead atoms. The lowest BCUT2D eigenvalue weighted by molar-refractivity contribution is -0.0463. The molecule has 2 N–H and O–H groups in total. The molecule has 0 spiro atoms. The largest absolute Gasteiger partial charge is 0.491 e. The number of hydrogen-bond acceptors (Lipinski definition) is 4. The summed E-state index contributed by atoms with van der Waals surface area (Å²) in [5.74, 6) is 0.808. The van der Waals surface area contributed by atoms with Crippen molar-refractivity contribution in [3.05, 3.63) is 24.3 Å². The van der Waals surface area contributed by atoms with Gasteiger partial charge in [-0.15, -0.1) is 0 Å². The van der Waals surface area contributed by atoms with Crippen LogP contribution in [0.15, 0.2) is 24.3 Å². The standard InChI is InChI=1S/C13H20N2O2/c1-2-15-6-7-16-13(9-15)10-17-12-5-3-4-11(14)8-12/h3-5,8,13H,2,6-7,9-10,14H2,1H3. The van der Waals surface area contributed by atoms with Crippen molar-refractivity contribution < 1.29 is 9.47 Å². The zero-order valence-electron chi connectivity index (χ0n) is 10.3. The molecular weight excluding hydrogens is 216 g/mol. The van der Waals surface area contributed by atoms with Crippen LogP contribution in [0.3, 0.4) is 0 Å². The van der Waals surface area contributed by atoms with Crippen LogP contribution in [0.25, 0.3) is 0 Å². The van der Waals surface area contributed by atoms with Gasteiger partial charge in [0, 0.05) is 24.8 Å². The van der Waals surface area contributed by atoms with Crippen LogP contribution in [-0.2, 0) is 4.74 Å². The summed E-state index contributed by atoms with van der Waals surface area (Å²) in [5, 5.41) is 0. The van der Waals surface area contributed by atoms with E-state index in [9.17, 15) is 0 Å². The average molecular weight is 236 g/mol. The number of morpholine rings is 1. The van der Waals surface area contributed by atoms with Crippen molar-refractivity contribution in [2.45, 2.75) is 13.0 Å². The molecule has 1 aromatic rings. The van der Waals surface area contributed by atoms with E-state index in [2.05, 4.69) is 11.8 Å². The Morgan fingerprint density at radius 2 is 2.41 bits per heavy atom. The second-order valence-corrected chi connectivity index (χ2v) is 4.27. The minimum atomic E-state index is 0.158. The zero-order chi connectivity index (χ0) is 12.1. The first kappa shape index (κ1) is 12.2. The summed E-state index contributed by atoms with van der Waals surface area (Å²) < 4.78 is 11.4. The summed E-state index contributed by atoms with van der Waals surface area (Å²) in [6.45, 7) is 6.57. The SMILES string of the molecule is CCN1CCOC(COc2cccc(N)c2)C1. The number of rotatable bonds is 4. The predicted molar refractivity (Wildman–Crippen MR) is 68.2 cm³/mol. The first-order chi connectivity index (χ1) is 8.28. The lowest BCUT2D eigenvalue weighted by Gasteiger charge is -2.31. The molecule has 4 nitrogen and oxygen atoms in total. The van der Waals surface area contributed by atoms with Crippen molar-refractivity contribution in [2.24, 2.45) is 0 Å². The highest BCUT2D eigenvalue weighted by atomic mass is 16.5. The summed E-state index contributed by atoms with van der Waals surface area (Å²) >= 11 is 0. The predicted octanol–water partition coefficient (Wildman–Crippen LogP) is 1.37. The van der Waals surface area contributed by atoms with E-state index in [1.165, 1.54) is 0 Å². The fourth-order valence-electron chi connectivity index (χ4n) is 1.96. The Balaban J connectivity index is 1.81. The molecule has 2 rings (SSSR count). The number of nitrogens with zero attached hydrogens (tertiary/aromatic N) is 1. The number of nitrogens with two attached hydrogens (primary N) is 1. The van der Waals surface area contributed by atoms with Gasteiger partial charge in [0.2, 0.25) is 0 Å². The van der Waals surface area contributed by atoms with Crippen molar-refractivity contribution in [1.29, 1.82) is 0 Å². The minimum Gasteiger partial charge on any atom is -0.491 e. The van der Waals surface area contributed by atoms with Gasteiger partial charge in [0.1, 0.15) is 18.5 Å². The van der Waals surface area contributed by atoms with Gasteiger partial charge in [-0.1, -0.05) is 13.0 Å². The number of anilines is 1. The molecule has 1 atom stereocenters. The zero-order valence-corrected chi connectivity index (χ0v) is 10.3. The molecule has 1 aromatic carbocycles. The van der Waals surface area contributed by atoms with Crippen LogP contribution >= 0.6 is 0 Å². The van der Waals surface area contributed by atoms with Gasteiger partial charge in [0.25, 0.3) is 0 Å². The molecule has 0 aliphatic carbocycles. The van der Waals surface area contributed by atoms with Crippen LogP contribution in [0.1, 0.15) is 6.92 Å². The number of likely N-dealkylation sites (N-methyl/N-ethyl adjacent to an activating group) is 1. The molecule has 1 aliphatic rings. The quantitative estimate of drug-likeness (QED) is 0.802. The van der Waals surface area contributed by atoms with E-state index in [1.807, 2.05) is 24.3 Å². The van der Waals surface area contributed by atoms with Gasteiger partial charge in [-0.25, -0.2) is 0 Å². The third-order valence-corrected chi connectivity index (χ3v) is 2.96. The number of ether oxygens (including phenoxy) is 2. The molecule has 1 aliphatic heterocycles. The molecule has 0 radical (unpaired) electrons. The van der Waals surface area contributed by atoms with Gasteiger partial charge < -0.3 is 15.2 Å². The molecule has 1 saturated heterocycles. The van der Waals surface area contributed by atoms with E-state index < -0.39 is 0 Å². The fraction of sp³-hybridized carbons (Fsp3) is 0.538. The monoisotopic (exact) mass is 236 g/mol. The second kappa shape index (κ2) is 5.89. The summed E-state index contributed by atoms with van der Waals surface area (Å²) in [6, 6.07) is 7.49. The first-order valence-electron chi connectivity index (χ1n) is 6.10. The van der Waals surface area contributed by atoms with Crippen LogP contribution in [0.5, 0.6) is 5.75 Å². The van der Waals surface area contributed by atoms with Crippen LogP contribution in [0.4, 0.5) is 5.69 Å². The van der Waals surface area contributed by atoms with Gasteiger partial charge >= 0.3 is 0 Å². The van der Waals surface area contributed by atoms with E-state index in [-0.39, 0.29) is 6.10 Å². The Bertz CT molecular complexity index is 357. The van der Waals surface area contributed by atoms with Crippen molar-refractivity contribution in [3.8, 4) is 5.75 Å². The summed E-state index contributed by atoms with van der Waals surface area (Å²) in [4.78, 5) is 2.37. The van der Waals surface area contributed by atoms with Gasteiger partial charge in [-0.2, -0.15) is 0 Å². The molecule has 1 fully saturated rings. The summed E-state index contributed by atoms with van der Waals surface area (Å²) in [7, 11) is 0. The van der Waals surface area contributed by atoms with Crippen LogP contribution in [-0.4, -0.2) is 43.9 Å². The Hall–Kier alpha value is -1.26. The molecule has 4 heteroatoms. The van der Waals surface area contributed by atoms with Crippen molar-refractivity contribution in [3.63, 3.8) is 0 Å². The molecule has 17 heavy (non-hydrogen) atoms. The average Bonchev–Trinajstić information content (AvgIpc) is 2.37. The number of benzene rings is 1. The van der Waals surface area contributed by atoms with E-state index in [1.54, 1.807) is 0 Å². The third-order valence-electron chi connectivity index (χ3n) is 2.96. The Labute approximate surface area is 102 Å². The van der Waals surface area contributed by atoms with Gasteiger partial charge in [-0.05, 0) is 18.7 Å². The van der Waals surface area contributed by atoms with E-state index >= 15 is 0 Å². The normalized spacial score (nSPS) is 21.4. The van der Waals surface area contributed by atoms with Gasteiger partial charge in [0.15, 0.2) is 0 Å². The molecule has 1 heterocycles. The maximum Gasteiger partial charge on any atom is 0.121 e. The maximum atomic E-state index is 5.69. The van der Waals surface area contributed by atoms with E-state index in [4.69, 9.17) is 15.2 Å². The van der Waals surface area contributed by atoms with Gasteiger partial charge in [0.05, 0.1) is 6.61 Å². The lowest BCUT2D eigenvalue weighted by Crippen LogP contribution is -2.44. The minimum absolute atomic E-state index is 0.158. The third kappa shape index (κ3) is 3.61. The van der Waals surface area contributed by atoms with Crippen LogP contribution in [0, 0.1) is 0 Å². The van der Waals surface area contributed by atoms with Crippen LogP contribution < -0.4 is 10.5 Å². The van der Waals surface area contributed by atoms with Crippen molar-refractivity contribution in [1.82, 2.24) is 4.90 Å². The highest BCUT2D eigenvalue weighted by Crippen LogP contribution is 2.15. The van der Waals surface area contributed by atoms with Crippen molar-refractivity contribution in [2.75, 3.05) is 38.6 Å². The Morgan fingerprint density at radius 1 is 1.53 bits per heavy atom. The molecule has 94 valence electrons. The molecular formula is C13H20N2O2. The number of hydrogen-bond donors (Lipinski definition) is 1. The lowest BCUT2D eigenvalue weighted by atomic mass is 10.3. The second-order valence-electron chi connectivity index (χ2n) is 4.27. The molecule has 0 aromatic heterocycles.